The first-order chi connectivity index (χ1) is 7.74. The number of methoxy groups -OCH3 is 1. The molecule has 0 bridgehead atoms. The topological polar surface area (TPSA) is 33.0 Å². The number of rotatable bonds is 3. The number of ether oxygens (including phenoxy) is 1. The van der Waals surface area contributed by atoms with Crippen LogP contribution in [0.5, 0.6) is 5.75 Å². The van der Waals surface area contributed by atoms with Crippen LogP contribution in [0.3, 0.4) is 0 Å². The minimum Gasteiger partial charge on any atom is -0.492 e. The van der Waals surface area contributed by atoms with E-state index >= 15 is 0 Å². The molecular formula is C13H18FNO. The molecule has 1 rings (SSSR count). The van der Waals surface area contributed by atoms with Gasteiger partial charge in [0.1, 0.15) is 6.07 Å². The van der Waals surface area contributed by atoms with E-state index in [4.69, 9.17) is 10.00 Å². The molecule has 2 nitrogen and oxygen atoms in total. The smallest absolute Gasteiger partial charge is 0.172 e. The quantitative estimate of drug-likeness (QED) is 0.783. The van der Waals surface area contributed by atoms with Crippen molar-refractivity contribution in [1.29, 1.82) is 5.26 Å². The van der Waals surface area contributed by atoms with E-state index < -0.39 is 5.82 Å². The van der Waals surface area contributed by atoms with Crippen molar-refractivity contribution in [2.75, 3.05) is 7.11 Å². The summed E-state index contributed by atoms with van der Waals surface area (Å²) in [6, 6.07) is 5.12. The lowest BCUT2D eigenvalue weighted by atomic mass is 10.1. The first kappa shape index (κ1) is 14.4. The maximum Gasteiger partial charge on any atom is 0.172 e. The van der Waals surface area contributed by atoms with Crippen LogP contribution in [0.4, 0.5) is 4.39 Å². The second-order valence-corrected chi connectivity index (χ2v) is 2.98. The Hall–Kier alpha value is -1.56. The van der Waals surface area contributed by atoms with Gasteiger partial charge in [0, 0.05) is 0 Å². The van der Waals surface area contributed by atoms with Gasteiger partial charge in [0.2, 0.25) is 0 Å². The lowest BCUT2D eigenvalue weighted by molar-refractivity contribution is 0.382. The molecule has 0 atom stereocenters. The van der Waals surface area contributed by atoms with Crippen LogP contribution in [0, 0.1) is 17.1 Å². The van der Waals surface area contributed by atoms with Crippen LogP contribution in [0.25, 0.3) is 0 Å². The lowest BCUT2D eigenvalue weighted by Crippen LogP contribution is -1.97. The van der Waals surface area contributed by atoms with Crippen molar-refractivity contribution in [3.05, 3.63) is 29.1 Å². The van der Waals surface area contributed by atoms with E-state index in [9.17, 15) is 4.39 Å². The summed E-state index contributed by atoms with van der Waals surface area (Å²) in [4.78, 5) is 0. The van der Waals surface area contributed by atoms with Gasteiger partial charge in [0.05, 0.1) is 12.7 Å². The van der Waals surface area contributed by atoms with E-state index in [0.717, 1.165) is 6.42 Å². The van der Waals surface area contributed by atoms with Crippen molar-refractivity contribution >= 4 is 0 Å². The zero-order valence-electron chi connectivity index (χ0n) is 10.3. The summed E-state index contributed by atoms with van der Waals surface area (Å²) >= 11 is 0. The van der Waals surface area contributed by atoms with E-state index in [1.165, 1.54) is 7.11 Å². The molecule has 1 aromatic carbocycles. The molecule has 0 saturated heterocycles. The summed E-state index contributed by atoms with van der Waals surface area (Å²) in [5.41, 5.74) is 0.841. The Kier molecular flexibility index (Phi) is 6.95. The molecule has 0 N–H and O–H groups in total. The minimum atomic E-state index is -0.409. The zero-order valence-corrected chi connectivity index (χ0v) is 10.3. The van der Waals surface area contributed by atoms with E-state index in [1.807, 2.05) is 26.8 Å². The molecule has 0 fully saturated rings. The Morgan fingerprint density at radius 1 is 1.38 bits per heavy atom. The van der Waals surface area contributed by atoms with E-state index in [0.29, 0.717) is 12.0 Å². The first-order valence-corrected chi connectivity index (χ1v) is 5.50. The van der Waals surface area contributed by atoms with Crippen LogP contribution in [-0.2, 0) is 6.42 Å². The molecule has 0 radical (unpaired) electrons. The molecule has 0 unspecified atom stereocenters. The number of hydrogen-bond donors (Lipinski definition) is 0. The Morgan fingerprint density at radius 3 is 2.44 bits per heavy atom. The highest BCUT2D eigenvalue weighted by atomic mass is 19.1. The molecule has 0 amide bonds. The van der Waals surface area contributed by atoms with Gasteiger partial charge in [0.15, 0.2) is 11.6 Å². The highest BCUT2D eigenvalue weighted by Crippen LogP contribution is 2.25. The van der Waals surface area contributed by atoms with Crippen LogP contribution in [-0.4, -0.2) is 7.11 Å². The van der Waals surface area contributed by atoms with Crippen molar-refractivity contribution in [3.63, 3.8) is 0 Å². The molecule has 1 aromatic rings. The van der Waals surface area contributed by atoms with Crippen molar-refractivity contribution in [3.8, 4) is 11.8 Å². The molecule has 0 aromatic heterocycles. The van der Waals surface area contributed by atoms with Gasteiger partial charge in [-0.2, -0.15) is 5.26 Å². The number of nitriles is 1. The van der Waals surface area contributed by atoms with Gasteiger partial charge in [-0.15, -0.1) is 0 Å². The number of halogens is 1. The second kappa shape index (κ2) is 7.70. The largest absolute Gasteiger partial charge is 0.492 e. The van der Waals surface area contributed by atoms with Gasteiger partial charge in [-0.3, -0.25) is 0 Å². The van der Waals surface area contributed by atoms with E-state index in [-0.39, 0.29) is 11.3 Å². The lowest BCUT2D eigenvalue weighted by Gasteiger charge is -2.07. The van der Waals surface area contributed by atoms with Gasteiger partial charge in [0.25, 0.3) is 0 Å². The Bertz CT molecular complexity index is 369. The standard InChI is InChI=1S/C11H12FNO.C2H6/c1-3-4-8-5-6-9(7-13)11(14-2)10(8)12;1-2/h5-6H,3-4H2,1-2H3;1-2H3. The first-order valence-electron chi connectivity index (χ1n) is 5.50. The van der Waals surface area contributed by atoms with Crippen LogP contribution in [0.1, 0.15) is 38.3 Å². The Labute approximate surface area is 96.7 Å². The van der Waals surface area contributed by atoms with Crippen molar-refractivity contribution < 1.29 is 9.13 Å². The van der Waals surface area contributed by atoms with Gasteiger partial charge in [-0.05, 0) is 18.1 Å². The Morgan fingerprint density at radius 2 is 2.00 bits per heavy atom. The summed E-state index contributed by atoms with van der Waals surface area (Å²) in [5, 5.41) is 8.70. The number of nitrogens with zero attached hydrogens (tertiary/aromatic N) is 1. The van der Waals surface area contributed by atoms with Gasteiger partial charge in [-0.1, -0.05) is 33.3 Å². The monoisotopic (exact) mass is 223 g/mol. The number of benzene rings is 1. The molecule has 16 heavy (non-hydrogen) atoms. The average molecular weight is 223 g/mol. The fourth-order valence-electron chi connectivity index (χ4n) is 1.35. The molecule has 0 saturated carbocycles. The van der Waals surface area contributed by atoms with Crippen molar-refractivity contribution in [2.45, 2.75) is 33.6 Å². The number of hydrogen-bond acceptors (Lipinski definition) is 2. The molecule has 0 aliphatic carbocycles. The molecule has 0 heterocycles. The van der Waals surface area contributed by atoms with Gasteiger partial charge < -0.3 is 4.74 Å². The third-order valence-electron chi connectivity index (χ3n) is 2.02. The molecule has 0 aliphatic rings. The summed E-state index contributed by atoms with van der Waals surface area (Å²) in [7, 11) is 1.37. The highest BCUT2D eigenvalue weighted by Gasteiger charge is 2.12. The highest BCUT2D eigenvalue weighted by molar-refractivity contribution is 5.46. The zero-order chi connectivity index (χ0) is 12.6. The minimum absolute atomic E-state index is 0.0541. The van der Waals surface area contributed by atoms with Crippen LogP contribution >= 0.6 is 0 Å². The Balaban J connectivity index is 0.00000106. The molecule has 0 aliphatic heterocycles. The molecule has 3 heteroatoms. The second-order valence-electron chi connectivity index (χ2n) is 2.98. The fraction of sp³-hybridized carbons (Fsp3) is 0.462. The van der Waals surface area contributed by atoms with Crippen molar-refractivity contribution in [2.24, 2.45) is 0 Å². The SMILES string of the molecule is CC.CCCc1ccc(C#N)c(OC)c1F. The average Bonchev–Trinajstić information content (AvgIpc) is 2.34. The fourth-order valence-corrected chi connectivity index (χ4v) is 1.35. The number of aryl methyl sites for hydroxylation is 1. The van der Waals surface area contributed by atoms with E-state index in [1.54, 1.807) is 12.1 Å². The molecule has 0 spiro atoms. The summed E-state index contributed by atoms with van der Waals surface area (Å²) in [6.07, 6.45) is 1.53. The van der Waals surface area contributed by atoms with E-state index in [2.05, 4.69) is 0 Å². The molecular weight excluding hydrogens is 205 g/mol. The van der Waals surface area contributed by atoms with Crippen LogP contribution < -0.4 is 4.74 Å². The third-order valence-corrected chi connectivity index (χ3v) is 2.02. The normalized spacial score (nSPS) is 8.75. The summed E-state index contributed by atoms with van der Waals surface area (Å²) < 4.78 is 18.5. The van der Waals surface area contributed by atoms with Gasteiger partial charge >= 0.3 is 0 Å². The predicted molar refractivity (Wildman–Crippen MR) is 63.0 cm³/mol. The van der Waals surface area contributed by atoms with Crippen LogP contribution in [0.2, 0.25) is 0 Å². The summed E-state index contributed by atoms with van der Waals surface area (Å²) in [6.45, 7) is 5.98. The summed E-state index contributed by atoms with van der Waals surface area (Å²) in [5.74, 6) is -0.355. The van der Waals surface area contributed by atoms with Crippen molar-refractivity contribution in [1.82, 2.24) is 0 Å². The third kappa shape index (κ3) is 3.23. The van der Waals surface area contributed by atoms with Crippen LogP contribution in [0.15, 0.2) is 12.1 Å². The maximum atomic E-state index is 13.6. The predicted octanol–water partition coefficient (Wildman–Crippen LogP) is 3.68. The van der Waals surface area contributed by atoms with Gasteiger partial charge in [-0.25, -0.2) is 4.39 Å². The molecule has 88 valence electrons. The maximum absolute atomic E-state index is 13.6.